The molecule has 96 valence electrons. The van der Waals surface area contributed by atoms with Crippen LogP contribution in [0.25, 0.3) is 6.08 Å². The summed E-state index contributed by atoms with van der Waals surface area (Å²) in [6, 6.07) is 2.19. The molecule has 1 aromatic heterocycles. The molecule has 0 saturated carbocycles. The van der Waals surface area contributed by atoms with Crippen LogP contribution in [0.3, 0.4) is 0 Å². The summed E-state index contributed by atoms with van der Waals surface area (Å²) in [5.74, 6) is 1.14. The maximum absolute atomic E-state index is 4.46. The molecule has 0 unspecified atom stereocenters. The molecule has 0 saturated heterocycles. The van der Waals surface area contributed by atoms with Crippen LogP contribution in [0, 0.1) is 5.41 Å². The number of hydrogen-bond donors (Lipinski definition) is 0. The molecule has 0 radical (unpaired) electrons. The van der Waals surface area contributed by atoms with Gasteiger partial charge in [-0.2, -0.15) is 4.37 Å². The summed E-state index contributed by atoms with van der Waals surface area (Å²) in [5.41, 5.74) is 1.68. The molecule has 3 heteroatoms. The number of thioether (sulfide) groups is 1. The van der Waals surface area contributed by atoms with Crippen molar-refractivity contribution in [2.45, 2.75) is 47.0 Å². The second kappa shape index (κ2) is 5.57. The Morgan fingerprint density at radius 1 is 1.24 bits per heavy atom. The standard InChI is InChI=1S/C14H23NS2/c1-13(2,3)10-16-8-7-11-9-12(17-15-11)14(4,5)6/h7-9H,10H2,1-6H3/b8-7+. The number of nitrogens with zero attached hydrogens (tertiary/aromatic N) is 1. The van der Waals surface area contributed by atoms with E-state index < -0.39 is 0 Å². The highest BCUT2D eigenvalue weighted by molar-refractivity contribution is 8.02. The molecule has 0 aliphatic rings. The first-order valence-corrected chi connectivity index (χ1v) is 7.76. The highest BCUT2D eigenvalue weighted by Crippen LogP contribution is 2.27. The van der Waals surface area contributed by atoms with Gasteiger partial charge in [0.2, 0.25) is 0 Å². The van der Waals surface area contributed by atoms with Crippen LogP contribution in [0.5, 0.6) is 0 Å². The fraction of sp³-hybridized carbons (Fsp3) is 0.643. The molecule has 1 nitrogen and oxygen atoms in total. The summed E-state index contributed by atoms with van der Waals surface area (Å²) in [5, 5.41) is 2.16. The first kappa shape index (κ1) is 14.8. The van der Waals surface area contributed by atoms with E-state index >= 15 is 0 Å². The van der Waals surface area contributed by atoms with Gasteiger partial charge in [-0.3, -0.25) is 0 Å². The van der Waals surface area contributed by atoms with Crippen LogP contribution in [0.4, 0.5) is 0 Å². The lowest BCUT2D eigenvalue weighted by molar-refractivity contribution is 0.481. The minimum Gasteiger partial charge on any atom is -0.193 e. The summed E-state index contributed by atoms with van der Waals surface area (Å²) < 4.78 is 4.46. The van der Waals surface area contributed by atoms with Gasteiger partial charge >= 0.3 is 0 Å². The summed E-state index contributed by atoms with van der Waals surface area (Å²) in [4.78, 5) is 1.35. The normalized spacial score (nSPS) is 13.5. The SMILES string of the molecule is CC(C)(C)CS/C=C/c1cc(C(C)(C)C)sn1. The fourth-order valence-electron chi connectivity index (χ4n) is 1.14. The van der Waals surface area contributed by atoms with E-state index in [0.717, 1.165) is 11.4 Å². The molecule has 17 heavy (non-hydrogen) atoms. The molecule has 1 heterocycles. The molecular formula is C14H23NS2. The van der Waals surface area contributed by atoms with Crippen molar-refractivity contribution in [2.75, 3.05) is 5.75 Å². The molecule has 1 rings (SSSR count). The largest absolute Gasteiger partial charge is 0.193 e. The molecule has 0 aromatic carbocycles. The maximum Gasteiger partial charge on any atom is 0.0776 e. The molecule has 0 atom stereocenters. The van der Waals surface area contributed by atoms with E-state index in [1.165, 1.54) is 4.88 Å². The molecular weight excluding hydrogens is 246 g/mol. The Balaban J connectivity index is 2.53. The average molecular weight is 269 g/mol. The number of aromatic nitrogens is 1. The van der Waals surface area contributed by atoms with E-state index in [2.05, 4.69) is 63.5 Å². The van der Waals surface area contributed by atoms with Gasteiger partial charge in [-0.1, -0.05) is 41.5 Å². The molecule has 0 aliphatic heterocycles. The Hall–Kier alpha value is -0.280. The van der Waals surface area contributed by atoms with Crippen LogP contribution in [0.1, 0.15) is 52.1 Å². The van der Waals surface area contributed by atoms with Gasteiger partial charge in [-0.15, -0.1) is 11.8 Å². The second-order valence-electron chi connectivity index (χ2n) is 6.54. The van der Waals surface area contributed by atoms with Gasteiger partial charge in [0, 0.05) is 10.6 Å². The van der Waals surface area contributed by atoms with Gasteiger partial charge in [0.1, 0.15) is 0 Å². The molecule has 0 spiro atoms. The minimum atomic E-state index is 0.211. The number of rotatable bonds is 3. The second-order valence-corrected chi connectivity index (χ2v) is 8.24. The number of hydrogen-bond acceptors (Lipinski definition) is 3. The van der Waals surface area contributed by atoms with Gasteiger partial charge in [0.05, 0.1) is 5.69 Å². The van der Waals surface area contributed by atoms with Crippen LogP contribution >= 0.6 is 23.3 Å². The maximum atomic E-state index is 4.46. The predicted octanol–water partition coefficient (Wildman–Crippen LogP) is 5.19. The molecule has 0 bridgehead atoms. The minimum absolute atomic E-state index is 0.211. The van der Waals surface area contributed by atoms with E-state index in [1.807, 2.05) is 11.8 Å². The third-order valence-corrected chi connectivity index (χ3v) is 4.71. The Kier molecular flexibility index (Phi) is 4.85. The summed E-state index contributed by atoms with van der Waals surface area (Å²) in [6.45, 7) is 13.4. The Morgan fingerprint density at radius 2 is 1.88 bits per heavy atom. The van der Waals surface area contributed by atoms with E-state index in [-0.39, 0.29) is 5.41 Å². The molecule has 0 amide bonds. The van der Waals surface area contributed by atoms with Gasteiger partial charge in [0.25, 0.3) is 0 Å². The molecule has 0 N–H and O–H groups in total. The van der Waals surface area contributed by atoms with Gasteiger partial charge < -0.3 is 0 Å². The monoisotopic (exact) mass is 269 g/mol. The van der Waals surface area contributed by atoms with Crippen LogP contribution in [-0.4, -0.2) is 10.1 Å². The van der Waals surface area contributed by atoms with Crippen LogP contribution < -0.4 is 0 Å². The predicted molar refractivity (Wildman–Crippen MR) is 81.8 cm³/mol. The lowest BCUT2D eigenvalue weighted by Gasteiger charge is -2.15. The summed E-state index contributed by atoms with van der Waals surface area (Å²) in [6.07, 6.45) is 2.11. The van der Waals surface area contributed by atoms with E-state index in [9.17, 15) is 0 Å². The fourth-order valence-corrected chi connectivity index (χ4v) is 2.73. The zero-order chi connectivity index (χ0) is 13.1. The Morgan fingerprint density at radius 3 is 2.35 bits per heavy atom. The summed E-state index contributed by atoms with van der Waals surface area (Å²) in [7, 11) is 0. The smallest absolute Gasteiger partial charge is 0.0776 e. The van der Waals surface area contributed by atoms with Crippen molar-refractivity contribution in [3.63, 3.8) is 0 Å². The van der Waals surface area contributed by atoms with Gasteiger partial charge in [-0.05, 0) is 39.9 Å². The van der Waals surface area contributed by atoms with Crippen LogP contribution in [0.2, 0.25) is 0 Å². The third-order valence-electron chi connectivity index (χ3n) is 2.12. The lowest BCUT2D eigenvalue weighted by Crippen LogP contribution is -2.07. The van der Waals surface area contributed by atoms with Crippen molar-refractivity contribution in [2.24, 2.45) is 5.41 Å². The lowest BCUT2D eigenvalue weighted by atomic mass is 9.94. The van der Waals surface area contributed by atoms with Crippen molar-refractivity contribution in [1.82, 2.24) is 4.37 Å². The first-order chi connectivity index (χ1) is 7.68. The van der Waals surface area contributed by atoms with Crippen LogP contribution in [0.15, 0.2) is 11.5 Å². The van der Waals surface area contributed by atoms with Crippen molar-refractivity contribution in [3.8, 4) is 0 Å². The van der Waals surface area contributed by atoms with Crippen molar-refractivity contribution in [3.05, 3.63) is 22.0 Å². The molecule has 0 fully saturated rings. The Bertz CT molecular complexity index is 378. The van der Waals surface area contributed by atoms with Crippen LogP contribution in [-0.2, 0) is 5.41 Å². The summed E-state index contributed by atoms with van der Waals surface area (Å²) >= 11 is 3.47. The van der Waals surface area contributed by atoms with E-state index in [1.54, 1.807) is 11.5 Å². The zero-order valence-electron chi connectivity index (χ0n) is 11.7. The zero-order valence-corrected chi connectivity index (χ0v) is 13.3. The first-order valence-electron chi connectivity index (χ1n) is 5.94. The molecule has 0 aliphatic carbocycles. The van der Waals surface area contributed by atoms with E-state index in [4.69, 9.17) is 0 Å². The highest BCUT2D eigenvalue weighted by atomic mass is 32.2. The van der Waals surface area contributed by atoms with E-state index in [0.29, 0.717) is 5.41 Å². The third kappa shape index (κ3) is 5.73. The van der Waals surface area contributed by atoms with Gasteiger partial charge in [-0.25, -0.2) is 0 Å². The molecule has 1 aromatic rings. The topological polar surface area (TPSA) is 12.9 Å². The van der Waals surface area contributed by atoms with Crippen molar-refractivity contribution < 1.29 is 0 Å². The quantitative estimate of drug-likeness (QED) is 0.749. The van der Waals surface area contributed by atoms with Gasteiger partial charge in [0.15, 0.2) is 0 Å². The Labute approximate surface area is 114 Å². The average Bonchev–Trinajstić information content (AvgIpc) is 2.58. The van der Waals surface area contributed by atoms with Crippen molar-refractivity contribution in [1.29, 1.82) is 0 Å². The van der Waals surface area contributed by atoms with Crippen molar-refractivity contribution >= 4 is 29.4 Å². The highest BCUT2D eigenvalue weighted by Gasteiger charge is 2.16.